The van der Waals surface area contributed by atoms with Crippen LogP contribution in [0.25, 0.3) is 0 Å². The second-order valence-electron chi connectivity index (χ2n) is 6.81. The van der Waals surface area contributed by atoms with Gasteiger partial charge in [0.1, 0.15) is 6.54 Å². The van der Waals surface area contributed by atoms with Crippen LogP contribution in [0.5, 0.6) is 0 Å². The molecule has 7 nitrogen and oxygen atoms in total. The molecule has 1 N–H and O–H groups in total. The van der Waals surface area contributed by atoms with E-state index in [1.54, 1.807) is 26.0 Å². The fraction of sp³-hybridized carbons (Fsp3) is 0.238. The molecule has 28 heavy (non-hydrogen) atoms. The number of amides is 5. The number of nitrogens with one attached hydrogen (secondary N) is 1. The standard InChI is InChI=1S/C21H21N3O4/c1-14(2)24-20(27)19(26)23(21(24)28)13-18(25)22-17-11-7-6-10-16(17)12-15-8-4-3-5-9-15/h3-11,14H,12-13H2,1-2H3,(H,22,25). The number of hydrogen-bond donors (Lipinski definition) is 1. The van der Waals surface area contributed by atoms with E-state index in [-0.39, 0.29) is 0 Å². The molecule has 1 fully saturated rings. The van der Waals surface area contributed by atoms with E-state index < -0.39 is 36.3 Å². The summed E-state index contributed by atoms with van der Waals surface area (Å²) in [7, 11) is 0. The second-order valence-corrected chi connectivity index (χ2v) is 6.81. The largest absolute Gasteiger partial charge is 0.334 e. The first-order valence-electron chi connectivity index (χ1n) is 8.99. The van der Waals surface area contributed by atoms with Crippen LogP contribution in [0.2, 0.25) is 0 Å². The summed E-state index contributed by atoms with van der Waals surface area (Å²) in [6.45, 7) is 2.76. The van der Waals surface area contributed by atoms with Gasteiger partial charge in [0.2, 0.25) is 5.91 Å². The lowest BCUT2D eigenvalue weighted by molar-refractivity contribution is -0.144. The van der Waals surface area contributed by atoms with Crippen LogP contribution in [0.4, 0.5) is 10.5 Å². The molecular weight excluding hydrogens is 358 g/mol. The van der Waals surface area contributed by atoms with Crippen LogP contribution in [0.15, 0.2) is 54.6 Å². The van der Waals surface area contributed by atoms with Crippen LogP contribution in [0, 0.1) is 0 Å². The summed E-state index contributed by atoms with van der Waals surface area (Å²) in [4.78, 5) is 50.3. The highest BCUT2D eigenvalue weighted by atomic mass is 16.2. The van der Waals surface area contributed by atoms with Crippen LogP contribution in [0.1, 0.15) is 25.0 Å². The van der Waals surface area contributed by atoms with Crippen molar-refractivity contribution in [2.75, 3.05) is 11.9 Å². The predicted molar refractivity (Wildman–Crippen MR) is 103 cm³/mol. The molecule has 3 rings (SSSR count). The number of urea groups is 1. The van der Waals surface area contributed by atoms with Gasteiger partial charge >= 0.3 is 17.8 Å². The maximum atomic E-state index is 12.5. The molecule has 1 aliphatic heterocycles. The predicted octanol–water partition coefficient (Wildman–Crippen LogP) is 2.42. The minimum Gasteiger partial charge on any atom is -0.324 e. The van der Waals surface area contributed by atoms with Gasteiger partial charge in [0.15, 0.2) is 0 Å². The fourth-order valence-corrected chi connectivity index (χ4v) is 3.06. The Morgan fingerprint density at radius 2 is 1.57 bits per heavy atom. The summed E-state index contributed by atoms with van der Waals surface area (Å²) in [5.41, 5.74) is 2.59. The van der Waals surface area contributed by atoms with E-state index in [9.17, 15) is 19.2 Å². The Balaban J connectivity index is 1.71. The smallest absolute Gasteiger partial charge is 0.324 e. The zero-order chi connectivity index (χ0) is 20.3. The summed E-state index contributed by atoms with van der Waals surface area (Å²) >= 11 is 0. The van der Waals surface area contributed by atoms with Gasteiger partial charge in [-0.15, -0.1) is 0 Å². The molecule has 5 amide bonds. The van der Waals surface area contributed by atoms with Crippen molar-refractivity contribution >= 4 is 29.4 Å². The summed E-state index contributed by atoms with van der Waals surface area (Å²) < 4.78 is 0. The molecule has 2 aromatic rings. The topological polar surface area (TPSA) is 86.8 Å². The van der Waals surface area contributed by atoms with Gasteiger partial charge in [0.25, 0.3) is 0 Å². The number of carbonyl (C=O) groups excluding carboxylic acids is 4. The first-order valence-corrected chi connectivity index (χ1v) is 8.99. The maximum absolute atomic E-state index is 12.5. The number of imide groups is 2. The first kappa shape index (κ1) is 19.3. The van der Waals surface area contributed by atoms with E-state index in [2.05, 4.69) is 5.32 Å². The third-order valence-corrected chi connectivity index (χ3v) is 4.43. The zero-order valence-electron chi connectivity index (χ0n) is 15.7. The maximum Gasteiger partial charge on any atom is 0.334 e. The average molecular weight is 379 g/mol. The van der Waals surface area contributed by atoms with E-state index in [4.69, 9.17) is 0 Å². The number of carbonyl (C=O) groups is 4. The third-order valence-electron chi connectivity index (χ3n) is 4.43. The Morgan fingerprint density at radius 3 is 2.21 bits per heavy atom. The van der Waals surface area contributed by atoms with Gasteiger partial charge in [-0.1, -0.05) is 48.5 Å². The van der Waals surface area contributed by atoms with Crippen LogP contribution >= 0.6 is 0 Å². The lowest BCUT2D eigenvalue weighted by Gasteiger charge is -2.18. The number of benzene rings is 2. The number of nitrogens with zero attached hydrogens (tertiary/aromatic N) is 2. The quantitative estimate of drug-likeness (QED) is 0.617. The van der Waals surface area contributed by atoms with Gasteiger partial charge in [-0.2, -0.15) is 0 Å². The molecule has 0 spiro atoms. The molecule has 2 aromatic carbocycles. The van der Waals surface area contributed by atoms with Crippen LogP contribution in [-0.4, -0.2) is 46.1 Å². The van der Waals surface area contributed by atoms with Crippen LogP contribution < -0.4 is 5.32 Å². The molecule has 0 bridgehead atoms. The van der Waals surface area contributed by atoms with Crippen molar-refractivity contribution in [3.8, 4) is 0 Å². The average Bonchev–Trinajstić information content (AvgIpc) is 2.87. The van der Waals surface area contributed by atoms with Crippen molar-refractivity contribution < 1.29 is 19.2 Å². The van der Waals surface area contributed by atoms with E-state index in [1.165, 1.54) is 0 Å². The zero-order valence-corrected chi connectivity index (χ0v) is 15.7. The summed E-state index contributed by atoms with van der Waals surface area (Å²) in [5.74, 6) is -2.43. The highest BCUT2D eigenvalue weighted by Gasteiger charge is 2.46. The Labute approximate surface area is 162 Å². The summed E-state index contributed by atoms with van der Waals surface area (Å²) in [6, 6.07) is 15.9. The first-order chi connectivity index (χ1) is 13.4. The lowest BCUT2D eigenvalue weighted by atomic mass is 10.0. The van der Waals surface area contributed by atoms with Crippen molar-refractivity contribution in [2.24, 2.45) is 0 Å². The van der Waals surface area contributed by atoms with Gasteiger partial charge in [0.05, 0.1) is 0 Å². The van der Waals surface area contributed by atoms with Crippen LogP contribution in [-0.2, 0) is 20.8 Å². The van der Waals surface area contributed by atoms with E-state index in [0.29, 0.717) is 17.0 Å². The van der Waals surface area contributed by atoms with E-state index >= 15 is 0 Å². The SMILES string of the molecule is CC(C)N1C(=O)C(=O)N(CC(=O)Nc2ccccc2Cc2ccccc2)C1=O. The minimum atomic E-state index is -0.980. The lowest BCUT2D eigenvalue weighted by Crippen LogP contribution is -2.40. The monoisotopic (exact) mass is 379 g/mol. The number of hydrogen-bond acceptors (Lipinski definition) is 4. The normalized spacial score (nSPS) is 14.2. The van der Waals surface area contributed by atoms with Crippen LogP contribution in [0.3, 0.4) is 0 Å². The molecule has 7 heteroatoms. The number of rotatable bonds is 6. The number of para-hydroxylation sites is 1. The van der Waals surface area contributed by atoms with Gasteiger partial charge in [0, 0.05) is 11.7 Å². The van der Waals surface area contributed by atoms with Crippen molar-refractivity contribution in [3.63, 3.8) is 0 Å². The molecule has 0 unspecified atom stereocenters. The molecule has 1 heterocycles. The molecule has 0 aliphatic carbocycles. The van der Waals surface area contributed by atoms with Gasteiger partial charge < -0.3 is 5.32 Å². The minimum absolute atomic E-state index is 0.455. The second kappa shape index (κ2) is 8.04. The molecule has 0 aromatic heterocycles. The Morgan fingerprint density at radius 1 is 0.929 bits per heavy atom. The summed E-state index contributed by atoms with van der Waals surface area (Å²) in [5, 5.41) is 2.74. The van der Waals surface area contributed by atoms with E-state index in [1.807, 2.05) is 42.5 Å². The van der Waals surface area contributed by atoms with Crippen molar-refractivity contribution in [1.29, 1.82) is 0 Å². The Hall–Kier alpha value is -3.48. The fourth-order valence-electron chi connectivity index (χ4n) is 3.06. The van der Waals surface area contributed by atoms with Gasteiger partial charge in [-0.25, -0.2) is 9.69 Å². The highest BCUT2D eigenvalue weighted by molar-refractivity contribution is 6.45. The molecule has 0 atom stereocenters. The van der Waals surface area contributed by atoms with Crippen molar-refractivity contribution in [1.82, 2.24) is 9.80 Å². The molecule has 1 aliphatic rings. The highest BCUT2D eigenvalue weighted by Crippen LogP contribution is 2.20. The van der Waals surface area contributed by atoms with Gasteiger partial charge in [-0.05, 0) is 37.5 Å². The summed E-state index contributed by atoms with van der Waals surface area (Å²) in [6.07, 6.45) is 0.623. The molecule has 1 saturated heterocycles. The third kappa shape index (κ3) is 3.93. The Bertz CT molecular complexity index is 924. The van der Waals surface area contributed by atoms with E-state index in [0.717, 1.165) is 16.0 Å². The molecule has 144 valence electrons. The Kier molecular flexibility index (Phi) is 5.54. The van der Waals surface area contributed by atoms with Crippen molar-refractivity contribution in [2.45, 2.75) is 26.3 Å². The molecule has 0 saturated carbocycles. The van der Waals surface area contributed by atoms with Crippen molar-refractivity contribution in [3.05, 3.63) is 65.7 Å². The molecular formula is C21H21N3O4. The molecule has 0 radical (unpaired) electrons. The number of anilines is 1. The van der Waals surface area contributed by atoms with Gasteiger partial charge in [-0.3, -0.25) is 19.3 Å².